The van der Waals surface area contributed by atoms with E-state index in [-0.39, 0.29) is 17.9 Å². The molecule has 1 amide bonds. The molecule has 3 atom stereocenters. The monoisotopic (exact) mass is 565 g/mol. The van der Waals surface area contributed by atoms with E-state index in [0.29, 0.717) is 63.4 Å². The summed E-state index contributed by atoms with van der Waals surface area (Å²) in [4.78, 5) is 15.3. The quantitative estimate of drug-likeness (QED) is 0.477. The van der Waals surface area contributed by atoms with Gasteiger partial charge in [0.15, 0.2) is 6.35 Å². The van der Waals surface area contributed by atoms with Gasteiger partial charge in [0.2, 0.25) is 5.91 Å². The van der Waals surface area contributed by atoms with Gasteiger partial charge in [-0.15, -0.1) is 0 Å². The fraction of sp³-hybridized carbons (Fsp3) is 0.552. The number of nitrogens with zero attached hydrogens (tertiary/aromatic N) is 1. The number of rotatable bonds is 5. The largest absolute Gasteiger partial charge is 0.488 e. The van der Waals surface area contributed by atoms with Crippen LogP contribution in [0.1, 0.15) is 55.7 Å². The minimum atomic E-state index is -4.50. The van der Waals surface area contributed by atoms with E-state index < -0.39 is 34.9 Å². The first-order chi connectivity index (χ1) is 18.9. The second-order valence-electron chi connectivity index (χ2n) is 11.4. The molecule has 3 saturated heterocycles. The summed E-state index contributed by atoms with van der Waals surface area (Å²) in [6, 6.07) is 9.38. The maximum absolute atomic E-state index is 14.3. The molecule has 0 saturated carbocycles. The smallest absolute Gasteiger partial charge is 0.416 e. The average molecular weight is 566 g/mol. The van der Waals surface area contributed by atoms with E-state index in [2.05, 4.69) is 10.6 Å². The first kappa shape index (κ1) is 28.8. The average Bonchev–Trinajstić information content (AvgIpc) is 3.42. The number of hydrogen-bond acceptors (Lipinski definition) is 6. The van der Waals surface area contributed by atoms with Crippen molar-refractivity contribution in [1.29, 1.82) is 0 Å². The van der Waals surface area contributed by atoms with Gasteiger partial charge in [0.1, 0.15) is 17.7 Å². The molecule has 0 bridgehead atoms. The van der Waals surface area contributed by atoms with Crippen molar-refractivity contribution in [3.05, 3.63) is 65.0 Å². The van der Waals surface area contributed by atoms with E-state index in [1.165, 1.54) is 18.2 Å². The minimum Gasteiger partial charge on any atom is -0.488 e. The summed E-state index contributed by atoms with van der Waals surface area (Å²) < 4.78 is 65.8. The van der Waals surface area contributed by atoms with E-state index in [4.69, 9.17) is 9.47 Å². The van der Waals surface area contributed by atoms with Crippen LogP contribution in [0.5, 0.6) is 5.75 Å². The van der Waals surface area contributed by atoms with Gasteiger partial charge in [0.25, 0.3) is 0 Å². The minimum absolute atomic E-state index is 0.177. The predicted octanol–water partition coefficient (Wildman–Crippen LogP) is 3.90. The van der Waals surface area contributed by atoms with Crippen LogP contribution in [0.2, 0.25) is 0 Å². The van der Waals surface area contributed by atoms with Gasteiger partial charge in [-0.05, 0) is 44.4 Å². The number of benzene rings is 2. The second kappa shape index (κ2) is 10.9. The number of likely N-dealkylation sites (tertiary alicyclic amines) is 1. The van der Waals surface area contributed by atoms with Crippen molar-refractivity contribution in [1.82, 2.24) is 15.5 Å². The van der Waals surface area contributed by atoms with Crippen LogP contribution in [0.25, 0.3) is 0 Å². The van der Waals surface area contributed by atoms with Gasteiger partial charge < -0.3 is 19.5 Å². The molecule has 2 unspecified atom stereocenters. The van der Waals surface area contributed by atoms with E-state index >= 15 is 0 Å². The number of aliphatic hydroxyl groups is 1. The number of halogens is 4. The predicted molar refractivity (Wildman–Crippen MR) is 139 cm³/mol. The van der Waals surface area contributed by atoms with Crippen LogP contribution in [0.3, 0.4) is 0 Å². The number of nitrogens with one attached hydrogen (secondary N) is 2. The van der Waals surface area contributed by atoms with E-state index in [0.717, 1.165) is 17.7 Å². The normalized spacial score (nSPS) is 25.3. The van der Waals surface area contributed by atoms with Crippen LogP contribution in [0.15, 0.2) is 42.5 Å². The molecule has 3 aliphatic heterocycles. The van der Waals surface area contributed by atoms with Crippen LogP contribution >= 0.6 is 0 Å². The summed E-state index contributed by atoms with van der Waals surface area (Å²) in [5.74, 6) is -0.452. The Bertz CT molecular complexity index is 1220. The highest BCUT2D eigenvalue weighted by Crippen LogP contribution is 2.43. The van der Waals surface area contributed by atoms with E-state index in [1.54, 1.807) is 30.9 Å². The molecule has 2 aromatic rings. The Morgan fingerprint density at radius 2 is 1.85 bits per heavy atom. The molecule has 11 heteroatoms. The number of carbonyl (C=O) groups excluding carboxylic acids is 1. The lowest BCUT2D eigenvalue weighted by Gasteiger charge is -2.52. The van der Waals surface area contributed by atoms with Crippen LogP contribution in [0.4, 0.5) is 17.6 Å². The van der Waals surface area contributed by atoms with Gasteiger partial charge in [0, 0.05) is 49.1 Å². The number of hydrogen-bond donors (Lipinski definition) is 3. The Morgan fingerprint density at radius 3 is 2.52 bits per heavy atom. The molecule has 0 radical (unpaired) electrons. The maximum atomic E-state index is 14.3. The Hall–Kier alpha value is -2.73. The molecule has 3 heterocycles. The third-order valence-corrected chi connectivity index (χ3v) is 8.53. The highest BCUT2D eigenvalue weighted by molar-refractivity contribution is 5.87. The standard InChI is InChI=1S/C29H35F4N3O4/c1-27(2,18-4-3-5-19(14-18)29(31,32)33)25(37)36-11-9-28(10-12-36)23(16-34-26(38)35-28)22-7-6-20(30)15-24(22)40-21-8-13-39-17-21/h3-7,14-15,21,23,26,34-35,38H,8-13,16-17H2,1-2H3/t21-,23?,26?/m1/s1. The molecule has 3 aliphatic rings. The van der Waals surface area contributed by atoms with Gasteiger partial charge in [-0.25, -0.2) is 4.39 Å². The fourth-order valence-corrected chi connectivity index (χ4v) is 6.14. The Labute approximate surface area is 230 Å². The lowest BCUT2D eigenvalue weighted by molar-refractivity contribution is -0.140. The molecule has 40 heavy (non-hydrogen) atoms. The van der Waals surface area contributed by atoms with Crippen molar-refractivity contribution in [3.63, 3.8) is 0 Å². The number of ether oxygens (including phenoxy) is 2. The maximum Gasteiger partial charge on any atom is 0.416 e. The molecule has 3 N–H and O–H groups in total. The molecule has 0 aliphatic carbocycles. The molecule has 0 aromatic heterocycles. The highest BCUT2D eigenvalue weighted by atomic mass is 19.4. The molecular formula is C29H35F4N3O4. The molecule has 1 spiro atoms. The van der Waals surface area contributed by atoms with Crippen molar-refractivity contribution < 1.29 is 36.9 Å². The number of carbonyl (C=O) groups is 1. The first-order valence-electron chi connectivity index (χ1n) is 13.6. The summed E-state index contributed by atoms with van der Waals surface area (Å²) in [6.07, 6.45) is -3.98. The van der Waals surface area contributed by atoms with Crippen molar-refractivity contribution in [3.8, 4) is 5.75 Å². The van der Waals surface area contributed by atoms with Gasteiger partial charge in [-0.2, -0.15) is 13.2 Å². The summed E-state index contributed by atoms with van der Waals surface area (Å²) in [5.41, 5.74) is -1.49. The Kier molecular flexibility index (Phi) is 7.86. The van der Waals surface area contributed by atoms with E-state index in [9.17, 15) is 27.5 Å². The topological polar surface area (TPSA) is 83.1 Å². The zero-order chi connectivity index (χ0) is 28.7. The second-order valence-corrected chi connectivity index (χ2v) is 11.4. The summed E-state index contributed by atoms with van der Waals surface area (Å²) in [6.45, 7) is 5.37. The van der Waals surface area contributed by atoms with Gasteiger partial charge in [-0.1, -0.05) is 24.3 Å². The zero-order valence-electron chi connectivity index (χ0n) is 22.6. The summed E-state index contributed by atoms with van der Waals surface area (Å²) >= 11 is 0. The van der Waals surface area contributed by atoms with Crippen LogP contribution in [0, 0.1) is 5.82 Å². The molecule has 218 valence electrons. The van der Waals surface area contributed by atoms with Crippen LogP contribution in [-0.4, -0.2) is 66.8 Å². The Morgan fingerprint density at radius 1 is 1.12 bits per heavy atom. The van der Waals surface area contributed by atoms with Crippen LogP contribution < -0.4 is 15.4 Å². The van der Waals surface area contributed by atoms with Crippen molar-refractivity contribution in [2.24, 2.45) is 0 Å². The Balaban J connectivity index is 1.36. The number of alkyl halides is 3. The third-order valence-electron chi connectivity index (χ3n) is 8.53. The van der Waals surface area contributed by atoms with Crippen LogP contribution in [-0.2, 0) is 21.1 Å². The highest BCUT2D eigenvalue weighted by Gasteiger charge is 2.48. The SMILES string of the molecule is CC(C)(C(=O)N1CCC2(CC1)NC(O)NCC2c1ccc(F)cc1O[C@@H]1CCOC1)c1cccc(C(F)(F)F)c1. The van der Waals surface area contributed by atoms with Crippen molar-refractivity contribution >= 4 is 5.91 Å². The lowest BCUT2D eigenvalue weighted by Crippen LogP contribution is -2.68. The van der Waals surface area contributed by atoms with Gasteiger partial charge in [0.05, 0.1) is 24.2 Å². The third kappa shape index (κ3) is 5.70. The molecular weight excluding hydrogens is 530 g/mol. The van der Waals surface area contributed by atoms with E-state index in [1.807, 2.05) is 0 Å². The van der Waals surface area contributed by atoms with Crippen molar-refractivity contribution in [2.75, 3.05) is 32.8 Å². The fourth-order valence-electron chi connectivity index (χ4n) is 6.14. The lowest BCUT2D eigenvalue weighted by atomic mass is 9.71. The summed E-state index contributed by atoms with van der Waals surface area (Å²) in [5, 5.41) is 16.8. The number of aliphatic hydroxyl groups excluding tert-OH is 1. The number of piperidine rings is 1. The zero-order valence-corrected chi connectivity index (χ0v) is 22.6. The van der Waals surface area contributed by atoms with Crippen molar-refractivity contribution in [2.45, 2.75) is 68.6 Å². The van der Waals surface area contributed by atoms with Gasteiger partial charge in [-0.3, -0.25) is 15.4 Å². The molecule has 2 aromatic carbocycles. The molecule has 3 fully saturated rings. The molecule has 7 nitrogen and oxygen atoms in total. The first-order valence-corrected chi connectivity index (χ1v) is 13.6. The molecule has 5 rings (SSSR count). The summed E-state index contributed by atoms with van der Waals surface area (Å²) in [7, 11) is 0. The number of amides is 1. The van der Waals surface area contributed by atoms with Gasteiger partial charge >= 0.3 is 6.18 Å².